The minimum Gasteiger partial charge on any atom is -0.486 e. The second-order valence-corrected chi connectivity index (χ2v) is 9.43. The zero-order chi connectivity index (χ0) is 27.1. The monoisotopic (exact) mass is 533 g/mol. The Morgan fingerprint density at radius 2 is 2.00 bits per heavy atom. The Morgan fingerprint density at radius 3 is 2.71 bits per heavy atom. The molecule has 202 valence electrons. The van der Waals surface area contributed by atoms with Gasteiger partial charge in [0.15, 0.2) is 18.2 Å². The van der Waals surface area contributed by atoms with Crippen molar-refractivity contribution in [2.24, 2.45) is 0 Å². The first kappa shape index (κ1) is 25.8. The van der Waals surface area contributed by atoms with E-state index < -0.39 is 36.4 Å². The topological polar surface area (TPSA) is 79.8 Å². The molecule has 0 bridgehead atoms. The summed E-state index contributed by atoms with van der Waals surface area (Å²) in [4.78, 5) is 24.1. The van der Waals surface area contributed by atoms with Gasteiger partial charge in [0.1, 0.15) is 41.4 Å². The van der Waals surface area contributed by atoms with E-state index in [9.17, 15) is 22.4 Å². The van der Waals surface area contributed by atoms with Gasteiger partial charge in [-0.15, -0.1) is 0 Å². The average molecular weight is 534 g/mol. The summed E-state index contributed by atoms with van der Waals surface area (Å²) in [6.45, 7) is 3.84. The highest BCUT2D eigenvalue weighted by atomic mass is 19.3. The molecule has 0 saturated carbocycles. The van der Waals surface area contributed by atoms with Gasteiger partial charge >= 0.3 is 0 Å². The zero-order valence-electron chi connectivity index (χ0n) is 21.1. The molecule has 5 rings (SSSR count). The van der Waals surface area contributed by atoms with Crippen molar-refractivity contribution in [1.82, 2.24) is 14.9 Å². The van der Waals surface area contributed by atoms with Crippen LogP contribution in [0.15, 0.2) is 24.3 Å². The summed E-state index contributed by atoms with van der Waals surface area (Å²) in [6, 6.07) is 4.93. The molecule has 0 aliphatic carbocycles. The van der Waals surface area contributed by atoms with Crippen molar-refractivity contribution in [1.29, 1.82) is 0 Å². The lowest BCUT2D eigenvalue weighted by atomic mass is 10.0. The van der Waals surface area contributed by atoms with E-state index in [1.165, 1.54) is 17.0 Å². The molecule has 38 heavy (non-hydrogen) atoms. The van der Waals surface area contributed by atoms with Gasteiger partial charge in [-0.3, -0.25) is 4.79 Å². The van der Waals surface area contributed by atoms with Crippen LogP contribution in [-0.4, -0.2) is 66.8 Å². The molecule has 2 aliphatic rings. The van der Waals surface area contributed by atoms with Gasteiger partial charge in [-0.05, 0) is 19.9 Å². The van der Waals surface area contributed by atoms with Gasteiger partial charge < -0.3 is 24.6 Å². The maximum Gasteiger partial charge on any atom is 0.266 e. The van der Waals surface area contributed by atoms with Gasteiger partial charge in [0.25, 0.3) is 12.3 Å². The number of alkyl halides is 3. The third kappa shape index (κ3) is 4.63. The molecule has 1 aromatic heterocycles. The van der Waals surface area contributed by atoms with Crippen LogP contribution in [0, 0.1) is 12.7 Å². The fourth-order valence-corrected chi connectivity index (χ4v) is 4.74. The number of hydrogen-bond donors (Lipinski definition) is 1. The van der Waals surface area contributed by atoms with Crippen LogP contribution in [-0.2, 0) is 4.79 Å². The number of carbonyl (C=O) groups is 1. The van der Waals surface area contributed by atoms with Crippen molar-refractivity contribution in [3.05, 3.63) is 47.0 Å². The quantitative estimate of drug-likeness (QED) is 0.446. The van der Waals surface area contributed by atoms with Gasteiger partial charge in [0.2, 0.25) is 0 Å². The van der Waals surface area contributed by atoms with E-state index in [1.54, 1.807) is 19.9 Å². The van der Waals surface area contributed by atoms with Crippen LogP contribution in [0.4, 0.5) is 29.1 Å². The van der Waals surface area contributed by atoms with Crippen molar-refractivity contribution < 1.29 is 31.8 Å². The molecule has 0 unspecified atom stereocenters. The Hall–Kier alpha value is -3.83. The summed E-state index contributed by atoms with van der Waals surface area (Å²) in [5.41, 5.74) is 0.687. The fourth-order valence-electron chi connectivity index (χ4n) is 4.74. The molecule has 12 heteroatoms. The van der Waals surface area contributed by atoms with Crippen molar-refractivity contribution in [3.63, 3.8) is 0 Å². The third-order valence-corrected chi connectivity index (χ3v) is 6.77. The first-order valence-electron chi connectivity index (χ1n) is 12.2. The maximum atomic E-state index is 14.9. The number of carbonyl (C=O) groups excluding carboxylic acids is 1. The molecule has 3 aromatic rings. The second-order valence-electron chi connectivity index (χ2n) is 9.43. The lowest BCUT2D eigenvalue weighted by Crippen LogP contribution is -2.56. The standard InChI is InChI=1S/C26H27F4N5O3/c1-13(16-5-4-6-17(21(16)28)25(29)30)31-26-18-9-19(38-15-11-35(12-15)20(36)10-27)24-23(34(3)7-8-37-24)22(18)32-14(2)33-26/h4-6,9,13,15,25H,7-8,10-12H2,1-3H3,(H,31,32,33)/t13-/m1/s1. The number of amides is 1. The highest BCUT2D eigenvalue weighted by molar-refractivity contribution is 6.02. The van der Waals surface area contributed by atoms with Crippen LogP contribution >= 0.6 is 0 Å². The van der Waals surface area contributed by atoms with E-state index in [0.717, 1.165) is 6.07 Å². The van der Waals surface area contributed by atoms with Crippen molar-refractivity contribution in [2.75, 3.05) is 50.2 Å². The van der Waals surface area contributed by atoms with Gasteiger partial charge in [0, 0.05) is 18.0 Å². The van der Waals surface area contributed by atoms with Crippen LogP contribution in [0.3, 0.4) is 0 Å². The lowest BCUT2D eigenvalue weighted by molar-refractivity contribution is -0.140. The summed E-state index contributed by atoms with van der Waals surface area (Å²) < 4.78 is 66.3. The number of likely N-dealkylation sites (N-methyl/N-ethyl adjacent to an activating group) is 1. The third-order valence-electron chi connectivity index (χ3n) is 6.77. The molecule has 2 aromatic carbocycles. The Morgan fingerprint density at radius 1 is 1.26 bits per heavy atom. The van der Waals surface area contributed by atoms with E-state index in [0.29, 0.717) is 52.9 Å². The molecular formula is C26H27F4N5O3. The number of benzene rings is 2. The number of hydrogen-bond acceptors (Lipinski definition) is 7. The molecule has 3 heterocycles. The second kappa shape index (κ2) is 10.1. The summed E-state index contributed by atoms with van der Waals surface area (Å²) in [5, 5.41) is 3.73. The van der Waals surface area contributed by atoms with Crippen LogP contribution in [0.2, 0.25) is 0 Å². The molecule has 0 radical (unpaired) electrons. The van der Waals surface area contributed by atoms with Crippen molar-refractivity contribution in [3.8, 4) is 11.5 Å². The highest BCUT2D eigenvalue weighted by Gasteiger charge is 2.34. The molecule has 1 saturated heterocycles. The minimum absolute atomic E-state index is 0.0780. The van der Waals surface area contributed by atoms with E-state index in [4.69, 9.17) is 9.47 Å². The van der Waals surface area contributed by atoms with Gasteiger partial charge in [-0.25, -0.2) is 27.5 Å². The molecule has 2 aliphatic heterocycles. The number of anilines is 2. The van der Waals surface area contributed by atoms with E-state index >= 15 is 0 Å². The fraction of sp³-hybridized carbons (Fsp3) is 0.423. The number of aryl methyl sites for hydroxylation is 1. The number of rotatable bonds is 7. The summed E-state index contributed by atoms with van der Waals surface area (Å²) in [7, 11) is 1.90. The Balaban J connectivity index is 1.54. The van der Waals surface area contributed by atoms with Crippen molar-refractivity contribution in [2.45, 2.75) is 32.4 Å². The number of aromatic nitrogens is 2. The number of likely N-dealkylation sites (tertiary alicyclic amines) is 1. The summed E-state index contributed by atoms with van der Waals surface area (Å²) in [5.74, 6) is 0.164. The molecule has 1 N–H and O–H groups in total. The van der Waals surface area contributed by atoms with E-state index in [-0.39, 0.29) is 24.8 Å². The number of fused-ring (bicyclic) bond motifs is 3. The SMILES string of the molecule is Cc1nc(N[C@H](C)c2cccc(C(F)F)c2F)c2cc(OC3CN(C(=O)CF)C3)c3c(c2n1)N(C)CCO3. The first-order valence-corrected chi connectivity index (χ1v) is 12.2. The maximum absolute atomic E-state index is 14.9. The normalized spacial score (nSPS) is 16.2. The summed E-state index contributed by atoms with van der Waals surface area (Å²) in [6.07, 6.45) is -3.29. The Kier molecular flexibility index (Phi) is 6.89. The van der Waals surface area contributed by atoms with Crippen LogP contribution in [0.1, 0.15) is 36.3 Å². The predicted molar refractivity (Wildman–Crippen MR) is 133 cm³/mol. The highest BCUT2D eigenvalue weighted by Crippen LogP contribution is 2.47. The van der Waals surface area contributed by atoms with Crippen LogP contribution in [0.5, 0.6) is 11.5 Å². The number of halogens is 4. The van der Waals surface area contributed by atoms with E-state index in [1.807, 2.05) is 11.9 Å². The Labute approximate surface area is 216 Å². The molecule has 1 fully saturated rings. The number of nitrogens with one attached hydrogen (secondary N) is 1. The van der Waals surface area contributed by atoms with Crippen LogP contribution < -0.4 is 19.7 Å². The molecule has 1 atom stereocenters. The molecule has 0 spiro atoms. The lowest BCUT2D eigenvalue weighted by Gasteiger charge is -2.39. The minimum atomic E-state index is -2.94. The smallest absolute Gasteiger partial charge is 0.266 e. The average Bonchev–Trinajstić information content (AvgIpc) is 2.85. The molecule has 1 amide bonds. The number of ether oxygens (including phenoxy) is 2. The van der Waals surface area contributed by atoms with E-state index in [2.05, 4.69) is 15.3 Å². The largest absolute Gasteiger partial charge is 0.486 e. The number of nitrogens with zero attached hydrogens (tertiary/aromatic N) is 4. The van der Waals surface area contributed by atoms with Gasteiger partial charge in [-0.2, -0.15) is 0 Å². The molecular weight excluding hydrogens is 506 g/mol. The van der Waals surface area contributed by atoms with Crippen molar-refractivity contribution >= 4 is 28.3 Å². The van der Waals surface area contributed by atoms with Gasteiger partial charge in [0.05, 0.1) is 31.2 Å². The predicted octanol–water partition coefficient (Wildman–Crippen LogP) is 4.58. The van der Waals surface area contributed by atoms with Gasteiger partial charge in [-0.1, -0.05) is 18.2 Å². The first-order chi connectivity index (χ1) is 18.2. The zero-order valence-corrected chi connectivity index (χ0v) is 21.1. The Bertz CT molecular complexity index is 1380. The summed E-state index contributed by atoms with van der Waals surface area (Å²) >= 11 is 0. The van der Waals surface area contributed by atoms with Crippen LogP contribution in [0.25, 0.3) is 10.9 Å². The molecule has 8 nitrogen and oxygen atoms in total.